The molecule has 0 bridgehead atoms. The van der Waals surface area contributed by atoms with Gasteiger partial charge in [-0.2, -0.15) is 8.78 Å². The molecule has 1 atom stereocenters. The maximum atomic E-state index is 12.3. The Balaban J connectivity index is 2.04. The smallest absolute Gasteiger partial charge is 0.387 e. The van der Waals surface area contributed by atoms with Crippen LogP contribution in [0.25, 0.3) is 0 Å². The zero-order valence-corrected chi connectivity index (χ0v) is 15.0. The highest BCUT2D eigenvalue weighted by Crippen LogP contribution is 2.25. The highest BCUT2D eigenvalue weighted by atomic mass is 19.3. The molecule has 8 heteroatoms. The number of methoxy groups -OCH3 is 1. The lowest BCUT2D eigenvalue weighted by molar-refractivity contribution is -0.123. The van der Waals surface area contributed by atoms with Gasteiger partial charge in [-0.05, 0) is 49.7 Å². The number of benzene rings is 2. The van der Waals surface area contributed by atoms with E-state index in [1.54, 1.807) is 12.1 Å². The summed E-state index contributed by atoms with van der Waals surface area (Å²) in [4.78, 5) is 24.5. The number of anilines is 1. The van der Waals surface area contributed by atoms with Crippen LogP contribution in [0.4, 0.5) is 14.5 Å². The first-order valence-electron chi connectivity index (χ1n) is 8.01. The molecule has 0 saturated carbocycles. The molecule has 0 aliphatic rings. The topological polar surface area (TPSA) is 73.9 Å². The van der Waals surface area contributed by atoms with E-state index in [0.717, 1.165) is 11.6 Å². The fraction of sp³-hybridized carbons (Fsp3) is 0.263. The fourth-order valence-corrected chi connectivity index (χ4v) is 2.24. The van der Waals surface area contributed by atoms with Gasteiger partial charge in [0.2, 0.25) is 0 Å². The molecule has 144 valence electrons. The molecule has 2 aromatic carbocycles. The third kappa shape index (κ3) is 5.67. The number of ether oxygens (including phenoxy) is 3. The van der Waals surface area contributed by atoms with Gasteiger partial charge in [-0.25, -0.2) is 4.79 Å². The minimum atomic E-state index is -3.01. The van der Waals surface area contributed by atoms with Gasteiger partial charge in [0, 0.05) is 0 Å². The van der Waals surface area contributed by atoms with Crippen molar-refractivity contribution < 1.29 is 32.6 Å². The Labute approximate surface area is 155 Å². The number of rotatable bonds is 7. The number of hydrogen-bond acceptors (Lipinski definition) is 5. The van der Waals surface area contributed by atoms with Crippen LogP contribution in [0.15, 0.2) is 42.5 Å². The SMILES string of the molecule is COc1ccc(C)cc1NC(=O)C(C)OC(=O)c1cccc(OC(F)F)c1. The van der Waals surface area contributed by atoms with Crippen molar-refractivity contribution in [1.29, 1.82) is 0 Å². The number of aryl methyl sites for hydroxylation is 1. The van der Waals surface area contributed by atoms with Gasteiger partial charge in [-0.15, -0.1) is 0 Å². The summed E-state index contributed by atoms with van der Waals surface area (Å²) in [6.45, 7) is 0.243. The molecule has 6 nitrogen and oxygen atoms in total. The van der Waals surface area contributed by atoms with Gasteiger partial charge in [0.1, 0.15) is 11.5 Å². The number of nitrogens with one attached hydrogen (secondary N) is 1. The Kier molecular flexibility index (Phi) is 6.70. The quantitative estimate of drug-likeness (QED) is 0.741. The molecule has 1 amide bonds. The number of amides is 1. The number of carbonyl (C=O) groups excluding carboxylic acids is 2. The first kappa shape index (κ1) is 20.2. The van der Waals surface area contributed by atoms with Gasteiger partial charge in [0.25, 0.3) is 5.91 Å². The molecular formula is C19H19F2NO5. The second-order valence-electron chi connectivity index (χ2n) is 5.65. The molecule has 2 aromatic rings. The van der Waals surface area contributed by atoms with Crippen molar-refractivity contribution in [2.75, 3.05) is 12.4 Å². The largest absolute Gasteiger partial charge is 0.495 e. The van der Waals surface area contributed by atoms with E-state index < -0.39 is 24.6 Å². The third-order valence-electron chi connectivity index (χ3n) is 3.56. The van der Waals surface area contributed by atoms with Crippen molar-refractivity contribution >= 4 is 17.6 Å². The van der Waals surface area contributed by atoms with Crippen molar-refractivity contribution in [3.63, 3.8) is 0 Å². The van der Waals surface area contributed by atoms with Crippen molar-refractivity contribution in [1.82, 2.24) is 0 Å². The summed E-state index contributed by atoms with van der Waals surface area (Å²) in [6, 6.07) is 10.4. The van der Waals surface area contributed by atoms with Crippen molar-refractivity contribution in [2.24, 2.45) is 0 Å². The standard InChI is InChI=1S/C19H19F2NO5/c1-11-7-8-16(25-3)15(9-11)22-17(23)12(2)26-18(24)13-5-4-6-14(10-13)27-19(20)21/h4-10,12,19H,1-3H3,(H,22,23). The van der Waals surface area contributed by atoms with E-state index in [9.17, 15) is 18.4 Å². The van der Waals surface area contributed by atoms with E-state index in [1.165, 1.54) is 32.2 Å². The van der Waals surface area contributed by atoms with E-state index in [-0.39, 0.29) is 11.3 Å². The average molecular weight is 379 g/mol. The van der Waals surface area contributed by atoms with Gasteiger partial charge in [0.15, 0.2) is 6.10 Å². The van der Waals surface area contributed by atoms with Crippen LogP contribution >= 0.6 is 0 Å². The van der Waals surface area contributed by atoms with E-state index in [1.807, 2.05) is 13.0 Å². The Hall–Kier alpha value is -3.16. The molecule has 0 radical (unpaired) electrons. The van der Waals surface area contributed by atoms with Gasteiger partial charge < -0.3 is 19.5 Å². The monoisotopic (exact) mass is 379 g/mol. The lowest BCUT2D eigenvalue weighted by Gasteiger charge is -2.16. The minimum Gasteiger partial charge on any atom is -0.495 e. The van der Waals surface area contributed by atoms with Gasteiger partial charge >= 0.3 is 12.6 Å². The van der Waals surface area contributed by atoms with E-state index in [0.29, 0.717) is 11.4 Å². The highest BCUT2D eigenvalue weighted by Gasteiger charge is 2.21. The zero-order valence-electron chi connectivity index (χ0n) is 15.0. The summed E-state index contributed by atoms with van der Waals surface area (Å²) in [5, 5.41) is 2.63. The summed E-state index contributed by atoms with van der Waals surface area (Å²) in [7, 11) is 1.47. The van der Waals surface area contributed by atoms with Gasteiger partial charge in [-0.3, -0.25) is 4.79 Å². The molecule has 0 aliphatic heterocycles. The van der Waals surface area contributed by atoms with Crippen LogP contribution in [0.3, 0.4) is 0 Å². The van der Waals surface area contributed by atoms with Gasteiger partial charge in [0.05, 0.1) is 18.4 Å². The normalized spacial score (nSPS) is 11.6. The van der Waals surface area contributed by atoms with E-state index in [2.05, 4.69) is 10.1 Å². The highest BCUT2D eigenvalue weighted by molar-refractivity contribution is 5.98. The molecule has 0 aromatic heterocycles. The molecule has 27 heavy (non-hydrogen) atoms. The Morgan fingerprint density at radius 2 is 1.85 bits per heavy atom. The third-order valence-corrected chi connectivity index (χ3v) is 3.56. The van der Waals surface area contributed by atoms with Crippen LogP contribution in [0.5, 0.6) is 11.5 Å². The lowest BCUT2D eigenvalue weighted by Crippen LogP contribution is -2.30. The van der Waals surface area contributed by atoms with Crippen molar-refractivity contribution in [3.8, 4) is 11.5 Å². The summed E-state index contributed by atoms with van der Waals surface area (Å²) < 4.78 is 39.0. The number of esters is 1. The molecule has 0 heterocycles. The van der Waals surface area contributed by atoms with Crippen LogP contribution in [-0.2, 0) is 9.53 Å². The van der Waals surface area contributed by atoms with E-state index in [4.69, 9.17) is 9.47 Å². The second-order valence-corrected chi connectivity index (χ2v) is 5.65. The molecule has 0 spiro atoms. The van der Waals surface area contributed by atoms with Gasteiger partial charge in [-0.1, -0.05) is 12.1 Å². The lowest BCUT2D eigenvalue weighted by atomic mass is 10.2. The Morgan fingerprint density at radius 1 is 1.11 bits per heavy atom. The molecule has 1 N–H and O–H groups in total. The summed E-state index contributed by atoms with van der Waals surface area (Å²) in [6.07, 6.45) is -1.12. The predicted molar refractivity (Wildman–Crippen MR) is 94.3 cm³/mol. The molecule has 0 saturated heterocycles. The molecule has 0 aliphatic carbocycles. The minimum absolute atomic E-state index is 0.0130. The van der Waals surface area contributed by atoms with Crippen molar-refractivity contribution in [3.05, 3.63) is 53.6 Å². The number of hydrogen-bond donors (Lipinski definition) is 1. The van der Waals surface area contributed by atoms with Crippen LogP contribution in [0.1, 0.15) is 22.8 Å². The average Bonchev–Trinajstić information content (AvgIpc) is 2.61. The van der Waals surface area contributed by atoms with Crippen molar-refractivity contribution in [2.45, 2.75) is 26.6 Å². The first-order valence-corrected chi connectivity index (χ1v) is 8.01. The molecular weight excluding hydrogens is 360 g/mol. The fourth-order valence-electron chi connectivity index (χ4n) is 2.24. The summed E-state index contributed by atoms with van der Waals surface area (Å²) in [5.74, 6) is -1.12. The second kappa shape index (κ2) is 8.98. The van der Waals surface area contributed by atoms with Crippen LogP contribution in [-0.4, -0.2) is 31.7 Å². The summed E-state index contributed by atoms with van der Waals surface area (Å²) in [5.41, 5.74) is 1.34. The van der Waals surface area contributed by atoms with E-state index >= 15 is 0 Å². The molecule has 1 unspecified atom stereocenters. The maximum absolute atomic E-state index is 12.3. The maximum Gasteiger partial charge on any atom is 0.387 e. The summed E-state index contributed by atoms with van der Waals surface area (Å²) >= 11 is 0. The van der Waals surface area contributed by atoms with Crippen LogP contribution < -0.4 is 14.8 Å². The van der Waals surface area contributed by atoms with Crippen LogP contribution in [0, 0.1) is 6.92 Å². The van der Waals surface area contributed by atoms with Crippen LogP contribution in [0.2, 0.25) is 0 Å². The first-order chi connectivity index (χ1) is 12.8. The Bertz CT molecular complexity index is 825. The number of halogens is 2. The number of alkyl halides is 2. The predicted octanol–water partition coefficient (Wildman–Crippen LogP) is 3.79. The molecule has 0 fully saturated rings. The zero-order chi connectivity index (χ0) is 20.0. The molecule has 2 rings (SSSR count). The number of carbonyl (C=O) groups is 2. The Morgan fingerprint density at radius 3 is 2.52 bits per heavy atom.